The summed E-state index contributed by atoms with van der Waals surface area (Å²) in [7, 11) is 0. The van der Waals surface area contributed by atoms with Gasteiger partial charge in [-0.2, -0.15) is 0 Å². The van der Waals surface area contributed by atoms with Gasteiger partial charge in [0.05, 0.1) is 12.7 Å². The van der Waals surface area contributed by atoms with Gasteiger partial charge in [0.1, 0.15) is 0 Å². The molecule has 0 aromatic heterocycles. The molecule has 0 rings (SSSR count). The summed E-state index contributed by atoms with van der Waals surface area (Å²) in [6, 6.07) is 0. The van der Waals surface area contributed by atoms with Crippen molar-refractivity contribution in [2.45, 2.75) is 13.0 Å². The van der Waals surface area contributed by atoms with E-state index in [1.807, 2.05) is 0 Å². The largest absolute Gasteiger partial charge is 0.394 e. The normalized spacial score (nSPS) is 15.5. The van der Waals surface area contributed by atoms with E-state index in [1.165, 1.54) is 0 Å². The topological polar surface area (TPSA) is 102 Å². The first kappa shape index (κ1) is 10.2. The van der Waals surface area contributed by atoms with Crippen LogP contribution >= 0.6 is 0 Å². The fraction of sp³-hybridized carbons (Fsp3) is 0.833. The highest BCUT2D eigenvalue weighted by atomic mass is 16.3. The first-order valence-electron chi connectivity index (χ1n) is 3.44. The Labute approximate surface area is 65.7 Å². The van der Waals surface area contributed by atoms with Crippen LogP contribution in [0.25, 0.3) is 0 Å². The fourth-order valence-electron chi connectivity index (χ4n) is 0.587. The predicted molar refractivity (Wildman–Crippen MR) is 42.2 cm³/mol. The molecular weight excluding hydrogens is 146 g/mol. The number of hydrogen-bond acceptors (Lipinski definition) is 3. The molecule has 0 radical (unpaired) electrons. The standard InChI is InChI=1S/C6H15N3O2/c1-4(5(11)3-10)2-9-6(7)8/h4-5,10-11H,2-3H2,1H3,(H4,7,8,9). The summed E-state index contributed by atoms with van der Waals surface area (Å²) in [5.74, 6) is -0.231. The van der Waals surface area contributed by atoms with Crippen molar-refractivity contribution in [1.29, 1.82) is 5.41 Å². The second-order valence-corrected chi connectivity index (χ2v) is 2.52. The number of nitrogens with two attached hydrogens (primary N) is 1. The summed E-state index contributed by atoms with van der Waals surface area (Å²) >= 11 is 0. The van der Waals surface area contributed by atoms with Crippen molar-refractivity contribution in [3.8, 4) is 0 Å². The summed E-state index contributed by atoms with van der Waals surface area (Å²) in [5.41, 5.74) is 5.01. The molecule has 2 atom stereocenters. The second-order valence-electron chi connectivity index (χ2n) is 2.52. The van der Waals surface area contributed by atoms with Gasteiger partial charge in [-0.25, -0.2) is 0 Å². The summed E-state index contributed by atoms with van der Waals surface area (Å²) in [6.45, 7) is 1.90. The molecule has 0 spiro atoms. The van der Waals surface area contributed by atoms with Gasteiger partial charge in [0.15, 0.2) is 5.96 Å². The molecule has 0 aliphatic carbocycles. The van der Waals surface area contributed by atoms with Gasteiger partial charge in [-0.1, -0.05) is 6.92 Å². The van der Waals surface area contributed by atoms with Crippen molar-refractivity contribution in [3.05, 3.63) is 0 Å². The lowest BCUT2D eigenvalue weighted by molar-refractivity contribution is 0.0549. The smallest absolute Gasteiger partial charge is 0.185 e. The minimum absolute atomic E-state index is 0.108. The number of aliphatic hydroxyl groups excluding tert-OH is 2. The van der Waals surface area contributed by atoms with Gasteiger partial charge in [-0.15, -0.1) is 0 Å². The molecule has 0 aromatic carbocycles. The number of nitrogens with one attached hydrogen (secondary N) is 2. The maximum Gasteiger partial charge on any atom is 0.185 e. The Hall–Kier alpha value is -0.810. The van der Waals surface area contributed by atoms with Crippen LogP contribution in [0.15, 0.2) is 0 Å². The highest BCUT2D eigenvalue weighted by molar-refractivity contribution is 5.74. The zero-order chi connectivity index (χ0) is 8.85. The Morgan fingerprint density at radius 1 is 1.73 bits per heavy atom. The summed E-state index contributed by atoms with van der Waals surface area (Å²) in [5, 5.41) is 26.9. The molecule has 2 unspecified atom stereocenters. The van der Waals surface area contributed by atoms with Crippen LogP contribution in [0.5, 0.6) is 0 Å². The summed E-state index contributed by atoms with van der Waals surface area (Å²) in [6.07, 6.45) is -0.748. The van der Waals surface area contributed by atoms with Crippen LogP contribution in [0.2, 0.25) is 0 Å². The van der Waals surface area contributed by atoms with Gasteiger partial charge < -0.3 is 21.3 Å². The van der Waals surface area contributed by atoms with Crippen LogP contribution in [0, 0.1) is 11.3 Å². The fourth-order valence-corrected chi connectivity index (χ4v) is 0.587. The van der Waals surface area contributed by atoms with E-state index < -0.39 is 6.10 Å². The van der Waals surface area contributed by atoms with E-state index in [0.29, 0.717) is 6.54 Å². The van der Waals surface area contributed by atoms with E-state index in [1.54, 1.807) is 6.92 Å². The quantitative estimate of drug-likeness (QED) is 0.255. The predicted octanol–water partition coefficient (Wildman–Crippen LogP) is -1.54. The van der Waals surface area contributed by atoms with E-state index in [2.05, 4.69) is 5.32 Å². The van der Waals surface area contributed by atoms with Gasteiger partial charge in [-0.05, 0) is 0 Å². The van der Waals surface area contributed by atoms with Crippen LogP contribution in [0.3, 0.4) is 0 Å². The SMILES string of the molecule is CC(CNC(=N)N)C(O)CO. The van der Waals surface area contributed by atoms with Crippen LogP contribution in [-0.4, -0.2) is 35.4 Å². The molecular formula is C6H15N3O2. The highest BCUT2D eigenvalue weighted by Crippen LogP contribution is 1.99. The average Bonchev–Trinajstić information content (AvgIpc) is 1.98. The molecule has 5 nitrogen and oxygen atoms in total. The molecule has 0 saturated carbocycles. The lowest BCUT2D eigenvalue weighted by Gasteiger charge is -2.16. The average molecular weight is 161 g/mol. The van der Waals surface area contributed by atoms with Crippen LogP contribution in [-0.2, 0) is 0 Å². The van der Waals surface area contributed by atoms with Gasteiger partial charge in [0, 0.05) is 12.5 Å². The Bertz CT molecular complexity index is 129. The van der Waals surface area contributed by atoms with Crippen molar-refractivity contribution in [2.75, 3.05) is 13.2 Å². The van der Waals surface area contributed by atoms with Crippen molar-refractivity contribution in [3.63, 3.8) is 0 Å². The van der Waals surface area contributed by atoms with Crippen LogP contribution in [0.4, 0.5) is 0 Å². The van der Waals surface area contributed by atoms with E-state index in [9.17, 15) is 0 Å². The molecule has 11 heavy (non-hydrogen) atoms. The second kappa shape index (κ2) is 4.92. The van der Waals surface area contributed by atoms with E-state index >= 15 is 0 Å². The van der Waals surface area contributed by atoms with Gasteiger partial charge >= 0.3 is 0 Å². The Morgan fingerprint density at radius 3 is 2.64 bits per heavy atom. The molecule has 0 aromatic rings. The molecule has 0 aliphatic rings. The third-order valence-electron chi connectivity index (χ3n) is 1.46. The molecule has 0 saturated heterocycles. The van der Waals surface area contributed by atoms with Crippen molar-refractivity contribution in [2.24, 2.45) is 11.7 Å². The Balaban J connectivity index is 3.51. The van der Waals surface area contributed by atoms with Crippen molar-refractivity contribution >= 4 is 5.96 Å². The molecule has 66 valence electrons. The minimum Gasteiger partial charge on any atom is -0.394 e. The van der Waals surface area contributed by atoms with Crippen molar-refractivity contribution < 1.29 is 10.2 Å². The van der Waals surface area contributed by atoms with Gasteiger partial charge in [0.25, 0.3) is 0 Å². The molecule has 0 bridgehead atoms. The van der Waals surface area contributed by atoms with Crippen molar-refractivity contribution in [1.82, 2.24) is 5.32 Å². The molecule has 0 heterocycles. The number of hydrogen-bond donors (Lipinski definition) is 5. The first-order valence-corrected chi connectivity index (χ1v) is 3.44. The molecule has 5 heteroatoms. The maximum absolute atomic E-state index is 9.04. The number of guanidine groups is 1. The third-order valence-corrected chi connectivity index (χ3v) is 1.46. The van der Waals surface area contributed by atoms with Crippen LogP contribution < -0.4 is 11.1 Å². The van der Waals surface area contributed by atoms with E-state index in [0.717, 1.165) is 0 Å². The van der Waals surface area contributed by atoms with Gasteiger partial charge in [-0.3, -0.25) is 5.41 Å². The Morgan fingerprint density at radius 2 is 2.27 bits per heavy atom. The number of rotatable bonds is 4. The minimum atomic E-state index is -0.748. The molecule has 0 aliphatic heterocycles. The number of aliphatic hydroxyl groups is 2. The summed E-state index contributed by atoms with van der Waals surface area (Å²) < 4.78 is 0. The third kappa shape index (κ3) is 4.58. The van der Waals surface area contributed by atoms with E-state index in [4.69, 9.17) is 21.4 Å². The maximum atomic E-state index is 9.04. The highest BCUT2D eigenvalue weighted by Gasteiger charge is 2.11. The monoisotopic (exact) mass is 161 g/mol. The van der Waals surface area contributed by atoms with E-state index in [-0.39, 0.29) is 18.5 Å². The lowest BCUT2D eigenvalue weighted by Crippen LogP contribution is -2.38. The molecule has 6 N–H and O–H groups in total. The van der Waals surface area contributed by atoms with Gasteiger partial charge in [0.2, 0.25) is 0 Å². The lowest BCUT2D eigenvalue weighted by atomic mass is 10.1. The zero-order valence-electron chi connectivity index (χ0n) is 6.54. The Kier molecular flexibility index (Phi) is 4.56. The molecule has 0 amide bonds. The first-order chi connectivity index (χ1) is 5.07. The summed E-state index contributed by atoms with van der Waals surface area (Å²) in [4.78, 5) is 0. The van der Waals surface area contributed by atoms with Crippen LogP contribution in [0.1, 0.15) is 6.92 Å². The molecule has 0 fully saturated rings. The zero-order valence-corrected chi connectivity index (χ0v) is 6.54.